The molecule has 0 bridgehead atoms. The SMILES string of the molecule is Cc1nnc(NC(=O)c2cc3ccccc3cc2OCC(=O)NC2CC2)s1. The van der Waals surface area contributed by atoms with Crippen LogP contribution in [0, 0.1) is 6.92 Å². The fraction of sp³-hybridized carbons (Fsp3) is 0.263. The highest BCUT2D eigenvalue weighted by Crippen LogP contribution is 2.28. The lowest BCUT2D eigenvalue weighted by Crippen LogP contribution is -2.30. The van der Waals surface area contributed by atoms with Crippen molar-refractivity contribution in [2.75, 3.05) is 11.9 Å². The highest BCUT2D eigenvalue weighted by molar-refractivity contribution is 7.15. The Morgan fingerprint density at radius 2 is 1.93 bits per heavy atom. The van der Waals surface area contributed by atoms with Crippen molar-refractivity contribution in [3.05, 3.63) is 47.0 Å². The molecule has 2 aromatic carbocycles. The third-order valence-corrected chi connectivity index (χ3v) is 4.89. The summed E-state index contributed by atoms with van der Waals surface area (Å²) in [4.78, 5) is 24.7. The van der Waals surface area contributed by atoms with E-state index in [1.54, 1.807) is 12.1 Å². The summed E-state index contributed by atoms with van der Waals surface area (Å²) in [5.41, 5.74) is 0.348. The fourth-order valence-electron chi connectivity index (χ4n) is 2.67. The molecule has 3 aromatic rings. The number of benzene rings is 2. The minimum atomic E-state index is -0.352. The molecule has 2 amide bonds. The summed E-state index contributed by atoms with van der Waals surface area (Å²) >= 11 is 1.29. The highest BCUT2D eigenvalue weighted by atomic mass is 32.1. The Morgan fingerprint density at radius 3 is 2.59 bits per heavy atom. The van der Waals surface area contributed by atoms with Crippen molar-refractivity contribution >= 4 is 39.1 Å². The van der Waals surface area contributed by atoms with Crippen LogP contribution in [0.25, 0.3) is 10.8 Å². The number of hydrogen-bond acceptors (Lipinski definition) is 6. The molecule has 1 aromatic heterocycles. The van der Waals surface area contributed by atoms with Gasteiger partial charge >= 0.3 is 0 Å². The second-order valence-electron chi connectivity index (χ2n) is 6.41. The summed E-state index contributed by atoms with van der Waals surface area (Å²) in [6, 6.07) is 11.5. The average Bonchev–Trinajstić information content (AvgIpc) is 3.38. The number of aryl methyl sites for hydroxylation is 1. The zero-order chi connectivity index (χ0) is 18.8. The van der Waals surface area contributed by atoms with Crippen LogP contribution in [0.2, 0.25) is 0 Å². The van der Waals surface area contributed by atoms with Crippen LogP contribution in [0.1, 0.15) is 28.2 Å². The Balaban J connectivity index is 1.59. The second kappa shape index (κ2) is 7.32. The number of amides is 2. The van der Waals surface area contributed by atoms with E-state index in [0.29, 0.717) is 16.4 Å². The first-order chi connectivity index (χ1) is 13.1. The van der Waals surface area contributed by atoms with E-state index in [9.17, 15) is 9.59 Å². The smallest absolute Gasteiger partial charge is 0.261 e. The van der Waals surface area contributed by atoms with Crippen molar-refractivity contribution in [1.82, 2.24) is 15.5 Å². The van der Waals surface area contributed by atoms with E-state index in [4.69, 9.17) is 4.74 Å². The fourth-order valence-corrected chi connectivity index (χ4v) is 3.25. The minimum Gasteiger partial charge on any atom is -0.483 e. The van der Waals surface area contributed by atoms with Crippen LogP contribution in [0.15, 0.2) is 36.4 Å². The minimum absolute atomic E-state index is 0.132. The number of anilines is 1. The van der Waals surface area contributed by atoms with Gasteiger partial charge in [-0.2, -0.15) is 0 Å². The third kappa shape index (κ3) is 4.22. The standard InChI is InChI=1S/C19H18N4O3S/c1-11-22-23-19(27-11)21-18(25)15-8-12-4-2-3-5-13(12)9-16(15)26-10-17(24)20-14-6-7-14/h2-5,8-9,14H,6-7,10H2,1H3,(H,20,24)(H,21,23,25). The molecule has 0 aliphatic heterocycles. The molecule has 0 unspecified atom stereocenters. The zero-order valence-corrected chi connectivity index (χ0v) is 15.5. The van der Waals surface area contributed by atoms with Crippen LogP contribution in [0.5, 0.6) is 5.75 Å². The number of nitrogens with one attached hydrogen (secondary N) is 2. The van der Waals surface area contributed by atoms with Gasteiger partial charge in [-0.25, -0.2) is 0 Å². The van der Waals surface area contributed by atoms with E-state index in [0.717, 1.165) is 28.6 Å². The Morgan fingerprint density at radius 1 is 1.19 bits per heavy atom. The first kappa shape index (κ1) is 17.4. The monoisotopic (exact) mass is 382 g/mol. The Hall–Kier alpha value is -3.00. The average molecular weight is 382 g/mol. The van der Waals surface area contributed by atoms with E-state index >= 15 is 0 Å². The number of fused-ring (bicyclic) bond motifs is 1. The van der Waals surface area contributed by atoms with Crippen molar-refractivity contribution in [2.45, 2.75) is 25.8 Å². The van der Waals surface area contributed by atoms with Crippen molar-refractivity contribution in [2.24, 2.45) is 0 Å². The molecule has 0 spiro atoms. The van der Waals surface area contributed by atoms with Gasteiger partial charge in [0.25, 0.3) is 11.8 Å². The normalized spacial score (nSPS) is 13.4. The summed E-state index contributed by atoms with van der Waals surface area (Å²) < 4.78 is 5.69. The third-order valence-electron chi connectivity index (χ3n) is 4.14. The number of nitrogens with zero attached hydrogens (tertiary/aromatic N) is 2. The van der Waals surface area contributed by atoms with Gasteiger partial charge in [0.05, 0.1) is 5.56 Å². The van der Waals surface area contributed by atoms with Gasteiger partial charge in [-0.1, -0.05) is 35.6 Å². The first-order valence-electron chi connectivity index (χ1n) is 8.65. The molecule has 0 saturated heterocycles. The van der Waals surface area contributed by atoms with E-state index in [2.05, 4.69) is 20.8 Å². The lowest BCUT2D eigenvalue weighted by molar-refractivity contribution is -0.123. The van der Waals surface area contributed by atoms with Crippen LogP contribution < -0.4 is 15.4 Å². The number of ether oxygens (including phenoxy) is 1. The molecule has 1 saturated carbocycles. The van der Waals surface area contributed by atoms with Gasteiger partial charge in [-0.15, -0.1) is 10.2 Å². The molecule has 1 aliphatic rings. The number of rotatable bonds is 6. The van der Waals surface area contributed by atoms with Gasteiger partial charge in [0.1, 0.15) is 10.8 Å². The lowest BCUT2D eigenvalue weighted by Gasteiger charge is -2.12. The van der Waals surface area contributed by atoms with Gasteiger partial charge in [0, 0.05) is 6.04 Å². The second-order valence-corrected chi connectivity index (χ2v) is 7.59. The maximum absolute atomic E-state index is 12.8. The van der Waals surface area contributed by atoms with Gasteiger partial charge in [0.2, 0.25) is 5.13 Å². The molecule has 1 aliphatic carbocycles. The van der Waals surface area contributed by atoms with Gasteiger partial charge in [-0.05, 0) is 42.7 Å². The van der Waals surface area contributed by atoms with E-state index < -0.39 is 0 Å². The van der Waals surface area contributed by atoms with Crippen LogP contribution in [-0.4, -0.2) is 34.7 Å². The van der Waals surface area contributed by atoms with Crippen LogP contribution in [0.4, 0.5) is 5.13 Å². The Bertz CT molecular complexity index is 1010. The number of carbonyl (C=O) groups excluding carboxylic acids is 2. The predicted molar refractivity (Wildman–Crippen MR) is 103 cm³/mol. The molecule has 4 rings (SSSR count). The molecule has 27 heavy (non-hydrogen) atoms. The van der Waals surface area contributed by atoms with Gasteiger partial charge in [-0.3, -0.25) is 14.9 Å². The summed E-state index contributed by atoms with van der Waals surface area (Å²) in [5, 5.41) is 16.4. The summed E-state index contributed by atoms with van der Waals surface area (Å²) in [7, 11) is 0. The van der Waals surface area contributed by atoms with Crippen molar-refractivity contribution in [3.8, 4) is 5.75 Å². The van der Waals surface area contributed by atoms with Crippen LogP contribution in [0.3, 0.4) is 0 Å². The van der Waals surface area contributed by atoms with E-state index in [-0.39, 0.29) is 24.5 Å². The molecule has 138 valence electrons. The molecule has 0 atom stereocenters. The Labute approximate surface area is 159 Å². The highest BCUT2D eigenvalue weighted by Gasteiger charge is 2.24. The van der Waals surface area contributed by atoms with Gasteiger partial charge < -0.3 is 10.1 Å². The van der Waals surface area contributed by atoms with Crippen molar-refractivity contribution in [1.29, 1.82) is 0 Å². The number of hydrogen-bond donors (Lipinski definition) is 2. The summed E-state index contributed by atoms with van der Waals surface area (Å²) in [5.74, 6) is -0.176. The molecule has 8 heteroatoms. The number of aromatic nitrogens is 2. The maximum atomic E-state index is 12.8. The zero-order valence-electron chi connectivity index (χ0n) is 14.7. The van der Waals surface area contributed by atoms with Gasteiger partial charge in [0.15, 0.2) is 6.61 Å². The Kier molecular flexibility index (Phi) is 4.72. The van der Waals surface area contributed by atoms with Crippen LogP contribution >= 0.6 is 11.3 Å². The molecule has 7 nitrogen and oxygen atoms in total. The first-order valence-corrected chi connectivity index (χ1v) is 9.46. The van der Waals surface area contributed by atoms with Crippen molar-refractivity contribution in [3.63, 3.8) is 0 Å². The molecule has 1 fully saturated rings. The van der Waals surface area contributed by atoms with E-state index in [1.165, 1.54) is 11.3 Å². The predicted octanol–water partition coefficient (Wildman–Crippen LogP) is 2.91. The molecular formula is C19H18N4O3S. The largest absolute Gasteiger partial charge is 0.483 e. The van der Waals surface area contributed by atoms with Crippen LogP contribution in [-0.2, 0) is 4.79 Å². The topological polar surface area (TPSA) is 93.2 Å². The maximum Gasteiger partial charge on any atom is 0.261 e. The molecule has 1 heterocycles. The van der Waals surface area contributed by atoms with E-state index in [1.807, 2.05) is 31.2 Å². The molecule has 0 radical (unpaired) electrons. The number of carbonyl (C=O) groups is 2. The summed E-state index contributed by atoms with van der Waals surface area (Å²) in [6.07, 6.45) is 2.02. The lowest BCUT2D eigenvalue weighted by atomic mass is 10.1. The summed E-state index contributed by atoms with van der Waals surface area (Å²) in [6.45, 7) is 1.68. The quantitative estimate of drug-likeness (QED) is 0.684. The molecular weight excluding hydrogens is 364 g/mol. The molecule has 2 N–H and O–H groups in total. The van der Waals surface area contributed by atoms with Crippen molar-refractivity contribution < 1.29 is 14.3 Å².